The Kier molecular flexibility index (Phi) is 4.28. The van der Waals surface area contributed by atoms with Gasteiger partial charge in [0.1, 0.15) is 5.82 Å². The molecule has 0 unspecified atom stereocenters. The number of nitrogens with one attached hydrogen (secondary N) is 2. The number of rotatable bonds is 4. The van der Waals surface area contributed by atoms with Gasteiger partial charge >= 0.3 is 0 Å². The lowest BCUT2D eigenvalue weighted by Gasteiger charge is -2.15. The zero-order valence-electron chi connectivity index (χ0n) is 10.0. The molecule has 1 amide bonds. The lowest BCUT2D eigenvalue weighted by atomic mass is 10.1. The quantitative estimate of drug-likeness (QED) is 0.740. The number of aliphatic hydroxyl groups excluding tert-OH is 1. The van der Waals surface area contributed by atoms with Crippen molar-refractivity contribution in [2.75, 3.05) is 13.1 Å². The van der Waals surface area contributed by atoms with Gasteiger partial charge in [-0.15, -0.1) is 0 Å². The predicted molar refractivity (Wildman–Crippen MR) is 65.4 cm³/mol. The van der Waals surface area contributed by atoms with Crippen LogP contribution in [0.2, 0.25) is 0 Å². The van der Waals surface area contributed by atoms with Crippen LogP contribution in [-0.2, 0) is 4.79 Å². The van der Waals surface area contributed by atoms with Crippen molar-refractivity contribution >= 4 is 5.91 Å². The first kappa shape index (κ1) is 13.0. The van der Waals surface area contributed by atoms with Crippen molar-refractivity contribution in [2.45, 2.75) is 25.0 Å². The van der Waals surface area contributed by atoms with Crippen molar-refractivity contribution in [3.63, 3.8) is 0 Å². The summed E-state index contributed by atoms with van der Waals surface area (Å²) >= 11 is 0. The Bertz CT molecular complexity index is 419. The summed E-state index contributed by atoms with van der Waals surface area (Å²) in [5, 5.41) is 15.5. The SMILES string of the molecule is O=C(NC[C@H](O)c1ccccc1F)[C@H]1CCCN1. The number of halogens is 1. The average Bonchev–Trinajstić information content (AvgIpc) is 2.90. The monoisotopic (exact) mass is 252 g/mol. The van der Waals surface area contributed by atoms with Crippen LogP contribution >= 0.6 is 0 Å². The van der Waals surface area contributed by atoms with Crippen LogP contribution in [0.4, 0.5) is 4.39 Å². The fourth-order valence-electron chi connectivity index (χ4n) is 2.08. The maximum Gasteiger partial charge on any atom is 0.237 e. The minimum atomic E-state index is -1.02. The van der Waals surface area contributed by atoms with Gasteiger partial charge in [0.25, 0.3) is 0 Å². The van der Waals surface area contributed by atoms with Crippen molar-refractivity contribution in [1.82, 2.24) is 10.6 Å². The molecule has 3 N–H and O–H groups in total. The molecule has 0 bridgehead atoms. The fraction of sp³-hybridized carbons (Fsp3) is 0.462. The molecule has 2 rings (SSSR count). The molecule has 0 aliphatic carbocycles. The van der Waals surface area contributed by atoms with Gasteiger partial charge in [-0.1, -0.05) is 18.2 Å². The number of carbonyl (C=O) groups is 1. The van der Waals surface area contributed by atoms with E-state index in [0.717, 1.165) is 19.4 Å². The fourth-order valence-corrected chi connectivity index (χ4v) is 2.08. The topological polar surface area (TPSA) is 61.4 Å². The highest BCUT2D eigenvalue weighted by molar-refractivity contribution is 5.82. The third-order valence-electron chi connectivity index (χ3n) is 3.11. The summed E-state index contributed by atoms with van der Waals surface area (Å²) in [7, 11) is 0. The number of aliphatic hydroxyl groups is 1. The molecular formula is C13H17FN2O2. The van der Waals surface area contributed by atoms with E-state index >= 15 is 0 Å². The molecule has 0 aromatic heterocycles. The second kappa shape index (κ2) is 5.93. The Morgan fingerprint density at radius 3 is 3.00 bits per heavy atom. The van der Waals surface area contributed by atoms with E-state index in [0.29, 0.717) is 0 Å². The molecule has 4 nitrogen and oxygen atoms in total. The Balaban J connectivity index is 1.86. The number of amides is 1. The van der Waals surface area contributed by atoms with Crippen LogP contribution in [0.3, 0.4) is 0 Å². The van der Waals surface area contributed by atoms with E-state index in [2.05, 4.69) is 10.6 Å². The average molecular weight is 252 g/mol. The van der Waals surface area contributed by atoms with E-state index in [-0.39, 0.29) is 24.1 Å². The number of benzene rings is 1. The zero-order valence-corrected chi connectivity index (χ0v) is 10.0. The molecule has 1 aliphatic heterocycles. The Labute approximate surface area is 105 Å². The minimum absolute atomic E-state index is 0.0257. The van der Waals surface area contributed by atoms with Crippen LogP contribution in [0.1, 0.15) is 24.5 Å². The lowest BCUT2D eigenvalue weighted by molar-refractivity contribution is -0.123. The summed E-state index contributed by atoms with van der Waals surface area (Å²) < 4.78 is 13.4. The van der Waals surface area contributed by atoms with Crippen LogP contribution in [0.5, 0.6) is 0 Å². The number of hydrogen-bond acceptors (Lipinski definition) is 3. The van der Waals surface area contributed by atoms with E-state index in [9.17, 15) is 14.3 Å². The molecule has 2 atom stereocenters. The van der Waals surface area contributed by atoms with E-state index in [1.807, 2.05) is 0 Å². The largest absolute Gasteiger partial charge is 0.386 e. The first-order valence-electron chi connectivity index (χ1n) is 6.12. The molecule has 1 aromatic rings. The molecule has 1 aliphatic rings. The van der Waals surface area contributed by atoms with Gasteiger partial charge in [-0.2, -0.15) is 0 Å². The summed E-state index contributed by atoms with van der Waals surface area (Å²) in [6.07, 6.45) is 0.770. The van der Waals surface area contributed by atoms with Gasteiger partial charge < -0.3 is 15.7 Å². The third-order valence-corrected chi connectivity index (χ3v) is 3.11. The standard InChI is InChI=1S/C13H17FN2O2/c14-10-5-2-1-4-9(10)12(17)8-16-13(18)11-6-3-7-15-11/h1-2,4-5,11-12,15,17H,3,6-8H2,(H,16,18)/t11-,12+/m1/s1. The van der Waals surface area contributed by atoms with Crippen molar-refractivity contribution in [2.24, 2.45) is 0 Å². The van der Waals surface area contributed by atoms with E-state index in [1.54, 1.807) is 12.1 Å². The highest BCUT2D eigenvalue weighted by Gasteiger charge is 2.22. The molecule has 98 valence electrons. The van der Waals surface area contributed by atoms with Gasteiger partial charge in [0.05, 0.1) is 12.1 Å². The minimum Gasteiger partial charge on any atom is -0.386 e. The van der Waals surface area contributed by atoms with Crippen LogP contribution in [0.25, 0.3) is 0 Å². The van der Waals surface area contributed by atoms with Crippen molar-refractivity contribution in [3.05, 3.63) is 35.6 Å². The summed E-state index contributed by atoms with van der Waals surface area (Å²) in [4.78, 5) is 11.7. The van der Waals surface area contributed by atoms with Gasteiger partial charge in [0.15, 0.2) is 0 Å². The van der Waals surface area contributed by atoms with Crippen LogP contribution < -0.4 is 10.6 Å². The van der Waals surface area contributed by atoms with Crippen molar-refractivity contribution in [3.8, 4) is 0 Å². The van der Waals surface area contributed by atoms with Gasteiger partial charge in [0.2, 0.25) is 5.91 Å². The van der Waals surface area contributed by atoms with Crippen molar-refractivity contribution in [1.29, 1.82) is 0 Å². The molecule has 0 spiro atoms. The summed E-state index contributed by atoms with van der Waals surface area (Å²) in [5.74, 6) is -0.596. The van der Waals surface area contributed by atoms with Gasteiger partial charge in [0, 0.05) is 12.1 Å². The smallest absolute Gasteiger partial charge is 0.237 e. The maximum atomic E-state index is 13.4. The second-order valence-electron chi connectivity index (χ2n) is 4.43. The first-order valence-corrected chi connectivity index (χ1v) is 6.12. The summed E-state index contributed by atoms with van der Waals surface area (Å²) in [5.41, 5.74) is 0.206. The van der Waals surface area contributed by atoms with Gasteiger partial charge in [-0.05, 0) is 25.5 Å². The third kappa shape index (κ3) is 3.05. The Morgan fingerprint density at radius 1 is 1.56 bits per heavy atom. The second-order valence-corrected chi connectivity index (χ2v) is 4.43. The first-order chi connectivity index (χ1) is 8.68. The molecule has 5 heteroatoms. The molecule has 18 heavy (non-hydrogen) atoms. The highest BCUT2D eigenvalue weighted by atomic mass is 19.1. The zero-order chi connectivity index (χ0) is 13.0. The number of hydrogen-bond donors (Lipinski definition) is 3. The van der Waals surface area contributed by atoms with E-state index in [1.165, 1.54) is 12.1 Å². The van der Waals surface area contributed by atoms with Crippen molar-refractivity contribution < 1.29 is 14.3 Å². The molecule has 0 radical (unpaired) electrons. The molecule has 1 aromatic carbocycles. The number of carbonyl (C=O) groups excluding carboxylic acids is 1. The van der Waals surface area contributed by atoms with Gasteiger partial charge in [-0.25, -0.2) is 4.39 Å². The van der Waals surface area contributed by atoms with E-state index < -0.39 is 11.9 Å². The summed E-state index contributed by atoms with van der Waals surface area (Å²) in [6.45, 7) is 0.867. The molecule has 1 fully saturated rings. The maximum absolute atomic E-state index is 13.4. The van der Waals surface area contributed by atoms with Gasteiger partial charge in [-0.3, -0.25) is 4.79 Å². The lowest BCUT2D eigenvalue weighted by Crippen LogP contribution is -2.41. The summed E-state index contributed by atoms with van der Waals surface area (Å²) in [6, 6.07) is 5.84. The molecule has 0 saturated carbocycles. The highest BCUT2D eigenvalue weighted by Crippen LogP contribution is 2.15. The Morgan fingerprint density at radius 2 is 2.33 bits per heavy atom. The molecule has 1 saturated heterocycles. The predicted octanol–water partition coefficient (Wildman–Crippen LogP) is 0.727. The van der Waals surface area contributed by atoms with Crippen LogP contribution in [0, 0.1) is 5.82 Å². The normalized spacial score (nSPS) is 20.7. The van der Waals surface area contributed by atoms with Crippen LogP contribution in [0.15, 0.2) is 24.3 Å². The molecular weight excluding hydrogens is 235 g/mol. The van der Waals surface area contributed by atoms with Crippen LogP contribution in [-0.4, -0.2) is 30.1 Å². The van der Waals surface area contributed by atoms with E-state index in [4.69, 9.17) is 0 Å². The molecule has 1 heterocycles. The Hall–Kier alpha value is -1.46.